The summed E-state index contributed by atoms with van der Waals surface area (Å²) in [5.74, 6) is -0.142. The molecule has 0 fully saturated rings. The van der Waals surface area contributed by atoms with Gasteiger partial charge in [0.2, 0.25) is 0 Å². The fourth-order valence-electron chi connectivity index (χ4n) is 1.85. The van der Waals surface area contributed by atoms with E-state index < -0.39 is 5.54 Å². The minimum absolute atomic E-state index is 0.142. The van der Waals surface area contributed by atoms with Crippen molar-refractivity contribution in [2.24, 2.45) is 5.73 Å². The quantitative estimate of drug-likeness (QED) is 0.859. The zero-order chi connectivity index (χ0) is 13.2. The molecular weight excluding hydrogens is 246 g/mol. The third kappa shape index (κ3) is 2.45. The predicted octanol–water partition coefficient (Wildman–Crippen LogP) is 3.40. The highest BCUT2D eigenvalue weighted by Crippen LogP contribution is 2.23. The first-order chi connectivity index (χ1) is 8.51. The van der Waals surface area contributed by atoms with Crippen LogP contribution in [-0.4, -0.2) is 5.78 Å². The lowest BCUT2D eigenvalue weighted by atomic mass is 9.85. The number of carbonyl (C=O) groups is 1. The van der Waals surface area contributed by atoms with Gasteiger partial charge in [-0.2, -0.15) is 0 Å². The van der Waals surface area contributed by atoms with E-state index in [1.165, 1.54) is 0 Å². The molecule has 0 heterocycles. The smallest absolute Gasteiger partial charge is 0.186 e. The molecule has 2 N–H and O–H groups in total. The lowest BCUT2D eigenvalue weighted by Crippen LogP contribution is -2.41. The molecule has 0 saturated heterocycles. The van der Waals surface area contributed by atoms with E-state index in [2.05, 4.69) is 0 Å². The van der Waals surface area contributed by atoms with Crippen molar-refractivity contribution >= 4 is 17.4 Å². The third-order valence-electron chi connectivity index (χ3n) is 2.93. The number of carbonyl (C=O) groups excluding carboxylic acids is 1. The molecule has 18 heavy (non-hydrogen) atoms. The monoisotopic (exact) mass is 259 g/mol. The molecule has 2 aromatic rings. The van der Waals surface area contributed by atoms with Crippen molar-refractivity contribution in [3.63, 3.8) is 0 Å². The van der Waals surface area contributed by atoms with E-state index in [-0.39, 0.29) is 5.78 Å². The van der Waals surface area contributed by atoms with E-state index in [4.69, 9.17) is 17.3 Å². The molecule has 1 unspecified atom stereocenters. The van der Waals surface area contributed by atoms with E-state index >= 15 is 0 Å². The first-order valence-electron chi connectivity index (χ1n) is 5.66. The second-order valence-electron chi connectivity index (χ2n) is 4.41. The molecule has 0 aliphatic heterocycles. The molecule has 0 aliphatic rings. The van der Waals surface area contributed by atoms with Crippen LogP contribution in [0.5, 0.6) is 0 Å². The number of hydrogen-bond donors (Lipinski definition) is 1. The molecule has 0 aromatic heterocycles. The van der Waals surface area contributed by atoms with Crippen LogP contribution in [0.4, 0.5) is 0 Å². The molecule has 0 spiro atoms. The van der Waals surface area contributed by atoms with Gasteiger partial charge >= 0.3 is 0 Å². The van der Waals surface area contributed by atoms with Crippen molar-refractivity contribution in [1.29, 1.82) is 0 Å². The summed E-state index contributed by atoms with van der Waals surface area (Å²) in [5.41, 5.74) is 6.43. The summed E-state index contributed by atoms with van der Waals surface area (Å²) in [5, 5.41) is 0.532. The molecule has 2 nitrogen and oxygen atoms in total. The average molecular weight is 260 g/mol. The highest BCUT2D eigenvalue weighted by Gasteiger charge is 2.31. The van der Waals surface area contributed by atoms with Gasteiger partial charge in [-0.3, -0.25) is 4.79 Å². The Morgan fingerprint density at radius 3 is 2.39 bits per heavy atom. The summed E-state index contributed by atoms with van der Waals surface area (Å²) in [4.78, 5) is 12.4. The Hall–Kier alpha value is -1.64. The number of hydrogen-bond acceptors (Lipinski definition) is 2. The summed E-state index contributed by atoms with van der Waals surface area (Å²) in [6.45, 7) is 1.71. The number of benzene rings is 2. The van der Waals surface area contributed by atoms with E-state index in [0.29, 0.717) is 10.6 Å². The second kappa shape index (κ2) is 4.92. The van der Waals surface area contributed by atoms with Crippen molar-refractivity contribution in [1.82, 2.24) is 0 Å². The molecule has 92 valence electrons. The highest BCUT2D eigenvalue weighted by molar-refractivity contribution is 6.31. The zero-order valence-corrected chi connectivity index (χ0v) is 10.8. The van der Waals surface area contributed by atoms with Crippen LogP contribution in [0, 0.1) is 0 Å². The lowest BCUT2D eigenvalue weighted by Gasteiger charge is -2.23. The maximum absolute atomic E-state index is 12.4. The SMILES string of the molecule is CC(N)(C(=O)c1cccc(Cl)c1)c1ccccc1. The molecule has 0 bridgehead atoms. The highest BCUT2D eigenvalue weighted by atomic mass is 35.5. The van der Waals surface area contributed by atoms with Crippen LogP contribution in [0.3, 0.4) is 0 Å². The van der Waals surface area contributed by atoms with Gasteiger partial charge in [0.25, 0.3) is 0 Å². The Morgan fingerprint density at radius 1 is 1.11 bits per heavy atom. The van der Waals surface area contributed by atoms with E-state index in [9.17, 15) is 4.79 Å². The lowest BCUT2D eigenvalue weighted by molar-refractivity contribution is 0.0900. The van der Waals surface area contributed by atoms with Gasteiger partial charge in [-0.05, 0) is 24.6 Å². The van der Waals surface area contributed by atoms with Gasteiger partial charge in [-0.25, -0.2) is 0 Å². The van der Waals surface area contributed by atoms with Crippen LogP contribution >= 0.6 is 11.6 Å². The molecule has 3 heteroatoms. The Morgan fingerprint density at radius 2 is 1.78 bits per heavy atom. The molecule has 1 atom stereocenters. The second-order valence-corrected chi connectivity index (χ2v) is 4.84. The van der Waals surface area contributed by atoms with Crippen LogP contribution < -0.4 is 5.73 Å². The summed E-state index contributed by atoms with van der Waals surface area (Å²) in [7, 11) is 0. The number of halogens is 1. The topological polar surface area (TPSA) is 43.1 Å². The standard InChI is InChI=1S/C15H14ClNO/c1-15(17,12-7-3-2-4-8-12)14(18)11-6-5-9-13(16)10-11/h2-10H,17H2,1H3. The maximum Gasteiger partial charge on any atom is 0.186 e. The first kappa shape index (κ1) is 12.8. The minimum atomic E-state index is -1.05. The van der Waals surface area contributed by atoms with Crippen LogP contribution in [0.15, 0.2) is 54.6 Å². The number of Topliss-reactive ketones (excluding diaryl/α,β-unsaturated/α-hetero) is 1. The first-order valence-corrected chi connectivity index (χ1v) is 6.04. The van der Waals surface area contributed by atoms with Crippen molar-refractivity contribution in [3.8, 4) is 0 Å². The molecule has 0 radical (unpaired) electrons. The maximum atomic E-state index is 12.4. The van der Waals surface area contributed by atoms with Crippen LogP contribution in [-0.2, 0) is 5.54 Å². The Bertz CT molecular complexity index is 564. The van der Waals surface area contributed by atoms with E-state index in [1.54, 1.807) is 31.2 Å². The molecule has 0 amide bonds. The normalized spacial score (nSPS) is 13.9. The summed E-state index contributed by atoms with van der Waals surface area (Å²) < 4.78 is 0. The Balaban J connectivity index is 2.39. The average Bonchev–Trinajstić information content (AvgIpc) is 2.39. The van der Waals surface area contributed by atoms with Crippen LogP contribution in [0.2, 0.25) is 5.02 Å². The molecule has 0 aliphatic carbocycles. The third-order valence-corrected chi connectivity index (χ3v) is 3.17. The fourth-order valence-corrected chi connectivity index (χ4v) is 2.04. The van der Waals surface area contributed by atoms with Gasteiger partial charge in [-0.1, -0.05) is 54.1 Å². The van der Waals surface area contributed by atoms with Gasteiger partial charge in [0.05, 0.1) is 0 Å². The van der Waals surface area contributed by atoms with Gasteiger partial charge < -0.3 is 5.73 Å². The summed E-state index contributed by atoms with van der Waals surface area (Å²) >= 11 is 5.89. The van der Waals surface area contributed by atoms with Gasteiger partial charge in [-0.15, -0.1) is 0 Å². The molecule has 2 aromatic carbocycles. The van der Waals surface area contributed by atoms with E-state index in [0.717, 1.165) is 5.56 Å². The molecule has 2 rings (SSSR count). The largest absolute Gasteiger partial charge is 0.315 e. The molecule has 0 saturated carbocycles. The Kier molecular flexibility index (Phi) is 3.50. The number of rotatable bonds is 3. The van der Waals surface area contributed by atoms with Crippen LogP contribution in [0.25, 0.3) is 0 Å². The summed E-state index contributed by atoms with van der Waals surface area (Å²) in [6, 6.07) is 16.2. The van der Waals surface area contributed by atoms with E-state index in [1.807, 2.05) is 30.3 Å². The number of nitrogens with two attached hydrogens (primary N) is 1. The fraction of sp³-hybridized carbons (Fsp3) is 0.133. The summed E-state index contributed by atoms with van der Waals surface area (Å²) in [6.07, 6.45) is 0. The number of ketones is 1. The van der Waals surface area contributed by atoms with Gasteiger partial charge in [0.15, 0.2) is 5.78 Å². The molecular formula is C15H14ClNO. The van der Waals surface area contributed by atoms with Crippen molar-refractivity contribution in [2.45, 2.75) is 12.5 Å². The van der Waals surface area contributed by atoms with Gasteiger partial charge in [0, 0.05) is 10.6 Å². The zero-order valence-electron chi connectivity index (χ0n) is 10.1. The van der Waals surface area contributed by atoms with Gasteiger partial charge in [0.1, 0.15) is 5.54 Å². The van der Waals surface area contributed by atoms with Crippen LogP contribution in [0.1, 0.15) is 22.8 Å². The Labute approximate surface area is 111 Å². The van der Waals surface area contributed by atoms with Crippen molar-refractivity contribution in [3.05, 3.63) is 70.7 Å². The van der Waals surface area contributed by atoms with Crippen molar-refractivity contribution < 1.29 is 4.79 Å². The van der Waals surface area contributed by atoms with Crippen molar-refractivity contribution in [2.75, 3.05) is 0 Å². The minimum Gasteiger partial charge on any atom is -0.315 e. The predicted molar refractivity (Wildman–Crippen MR) is 73.8 cm³/mol.